The highest BCUT2D eigenvalue weighted by molar-refractivity contribution is 6.31. The molecular formula is C29H25F3O3. The van der Waals surface area contributed by atoms with Crippen LogP contribution in [0.5, 0.6) is 0 Å². The number of carbonyl (C=O) groups excluding carboxylic acids is 3. The number of ketones is 3. The van der Waals surface area contributed by atoms with Gasteiger partial charge in [0, 0.05) is 29.0 Å². The van der Waals surface area contributed by atoms with Crippen LogP contribution in [0, 0.1) is 5.92 Å². The summed E-state index contributed by atoms with van der Waals surface area (Å²) in [6.07, 6.45) is -4.30. The molecule has 0 spiro atoms. The van der Waals surface area contributed by atoms with Crippen LogP contribution < -0.4 is 0 Å². The Labute approximate surface area is 202 Å². The molecule has 3 nitrogen and oxygen atoms in total. The molecule has 0 bridgehead atoms. The van der Waals surface area contributed by atoms with Crippen molar-refractivity contribution in [2.24, 2.45) is 5.92 Å². The second-order valence-corrected chi connectivity index (χ2v) is 8.71. The van der Waals surface area contributed by atoms with E-state index in [0.29, 0.717) is 27.8 Å². The Bertz CT molecular complexity index is 1300. The van der Waals surface area contributed by atoms with Gasteiger partial charge >= 0.3 is 6.18 Å². The van der Waals surface area contributed by atoms with Crippen molar-refractivity contribution in [2.45, 2.75) is 33.4 Å². The quantitative estimate of drug-likeness (QED) is 0.253. The van der Waals surface area contributed by atoms with Crippen LogP contribution in [-0.4, -0.2) is 17.3 Å². The fourth-order valence-electron chi connectivity index (χ4n) is 3.82. The first kappa shape index (κ1) is 25.8. The van der Waals surface area contributed by atoms with Gasteiger partial charge in [-0.1, -0.05) is 69.0 Å². The number of alkyl halides is 3. The lowest BCUT2D eigenvalue weighted by molar-refractivity contribution is -0.137. The third-order valence-electron chi connectivity index (χ3n) is 5.62. The van der Waals surface area contributed by atoms with E-state index < -0.39 is 17.5 Å². The number of halogens is 3. The van der Waals surface area contributed by atoms with Gasteiger partial charge in [-0.15, -0.1) is 0 Å². The molecule has 0 saturated carbocycles. The summed E-state index contributed by atoms with van der Waals surface area (Å²) >= 11 is 0. The summed E-state index contributed by atoms with van der Waals surface area (Å²) in [6.45, 7) is 8.90. The van der Waals surface area contributed by atoms with Crippen molar-refractivity contribution in [1.82, 2.24) is 0 Å². The zero-order valence-electron chi connectivity index (χ0n) is 19.7. The van der Waals surface area contributed by atoms with E-state index in [1.807, 2.05) is 0 Å². The Morgan fingerprint density at radius 3 is 2.06 bits per heavy atom. The van der Waals surface area contributed by atoms with Gasteiger partial charge in [0.15, 0.2) is 11.6 Å². The molecule has 0 N–H and O–H groups in total. The first-order chi connectivity index (χ1) is 16.4. The number of hydrogen-bond donors (Lipinski definition) is 0. The summed E-state index contributed by atoms with van der Waals surface area (Å²) in [6, 6.07) is 16.1. The van der Waals surface area contributed by atoms with Crippen LogP contribution in [0.1, 0.15) is 58.2 Å². The SMILES string of the molecule is C=C(C(=O)c1ccccc1-c1ccc(C(F)(F)F)cc1)c1ccc(CC(C)=O)cc1C(=O)C(C)C. The second kappa shape index (κ2) is 10.2. The maximum absolute atomic E-state index is 13.5. The van der Waals surface area contributed by atoms with Crippen molar-refractivity contribution in [3.63, 3.8) is 0 Å². The minimum atomic E-state index is -4.46. The van der Waals surface area contributed by atoms with Crippen molar-refractivity contribution in [3.05, 3.63) is 101 Å². The van der Waals surface area contributed by atoms with Gasteiger partial charge in [0.2, 0.25) is 0 Å². The molecule has 0 saturated heterocycles. The molecule has 3 aromatic rings. The number of rotatable bonds is 8. The average molecular weight is 479 g/mol. The smallest absolute Gasteiger partial charge is 0.300 e. The molecule has 180 valence electrons. The molecule has 0 aliphatic heterocycles. The van der Waals surface area contributed by atoms with Crippen molar-refractivity contribution in [1.29, 1.82) is 0 Å². The van der Waals surface area contributed by atoms with Crippen LogP contribution in [0.4, 0.5) is 13.2 Å². The van der Waals surface area contributed by atoms with Gasteiger partial charge < -0.3 is 0 Å². The Morgan fingerprint density at radius 1 is 0.857 bits per heavy atom. The predicted molar refractivity (Wildman–Crippen MR) is 130 cm³/mol. The van der Waals surface area contributed by atoms with Gasteiger partial charge in [-0.2, -0.15) is 13.2 Å². The van der Waals surface area contributed by atoms with E-state index in [4.69, 9.17) is 0 Å². The Balaban J connectivity index is 2.04. The third kappa shape index (κ3) is 5.83. The van der Waals surface area contributed by atoms with E-state index in [0.717, 1.165) is 12.1 Å². The van der Waals surface area contributed by atoms with E-state index in [-0.39, 0.29) is 35.0 Å². The van der Waals surface area contributed by atoms with Crippen molar-refractivity contribution in [3.8, 4) is 11.1 Å². The molecule has 0 aliphatic carbocycles. The first-order valence-electron chi connectivity index (χ1n) is 11.1. The zero-order valence-corrected chi connectivity index (χ0v) is 19.7. The Kier molecular flexibility index (Phi) is 7.54. The fraction of sp³-hybridized carbons (Fsp3) is 0.207. The van der Waals surface area contributed by atoms with Gasteiger partial charge in [0.05, 0.1) is 5.56 Å². The molecule has 0 radical (unpaired) electrons. The van der Waals surface area contributed by atoms with Crippen LogP contribution in [-0.2, 0) is 17.4 Å². The molecule has 3 rings (SSSR count). The lowest BCUT2D eigenvalue weighted by Crippen LogP contribution is -2.14. The van der Waals surface area contributed by atoms with Crippen molar-refractivity contribution >= 4 is 22.9 Å². The normalized spacial score (nSPS) is 11.4. The van der Waals surface area contributed by atoms with Gasteiger partial charge in [-0.3, -0.25) is 14.4 Å². The summed E-state index contributed by atoms with van der Waals surface area (Å²) in [4.78, 5) is 38.0. The average Bonchev–Trinajstić information content (AvgIpc) is 2.81. The van der Waals surface area contributed by atoms with E-state index in [1.165, 1.54) is 19.1 Å². The van der Waals surface area contributed by atoms with Gasteiger partial charge in [0.25, 0.3) is 0 Å². The van der Waals surface area contributed by atoms with Gasteiger partial charge in [-0.25, -0.2) is 0 Å². The van der Waals surface area contributed by atoms with Gasteiger partial charge in [0.1, 0.15) is 5.78 Å². The second-order valence-electron chi connectivity index (χ2n) is 8.71. The van der Waals surface area contributed by atoms with Crippen LogP contribution in [0.3, 0.4) is 0 Å². The van der Waals surface area contributed by atoms with Crippen molar-refractivity contribution in [2.75, 3.05) is 0 Å². The highest BCUT2D eigenvalue weighted by atomic mass is 19.4. The molecule has 6 heteroatoms. The number of carbonyl (C=O) groups is 3. The monoisotopic (exact) mass is 478 g/mol. The summed E-state index contributed by atoms with van der Waals surface area (Å²) in [5.74, 6) is -1.03. The summed E-state index contributed by atoms with van der Waals surface area (Å²) in [7, 11) is 0. The summed E-state index contributed by atoms with van der Waals surface area (Å²) in [5.41, 5.74) is 1.80. The molecule has 35 heavy (non-hydrogen) atoms. The molecule has 0 amide bonds. The molecule has 0 fully saturated rings. The van der Waals surface area contributed by atoms with E-state index >= 15 is 0 Å². The molecule has 0 aromatic heterocycles. The van der Waals surface area contributed by atoms with E-state index in [9.17, 15) is 27.6 Å². The van der Waals surface area contributed by atoms with Crippen molar-refractivity contribution < 1.29 is 27.6 Å². The highest BCUT2D eigenvalue weighted by Crippen LogP contribution is 2.33. The zero-order chi connectivity index (χ0) is 25.9. The molecule has 0 aliphatic rings. The summed E-state index contributed by atoms with van der Waals surface area (Å²) < 4.78 is 38.9. The highest BCUT2D eigenvalue weighted by Gasteiger charge is 2.30. The van der Waals surface area contributed by atoms with Crippen LogP contribution in [0.25, 0.3) is 16.7 Å². The molecular weight excluding hydrogens is 453 g/mol. The van der Waals surface area contributed by atoms with Crippen LogP contribution >= 0.6 is 0 Å². The third-order valence-corrected chi connectivity index (χ3v) is 5.62. The standard InChI is InChI=1S/C29H25F3O3/c1-17(2)27(34)26-16-20(15-18(3)33)9-14-23(26)19(4)28(35)25-8-6-5-7-24(25)21-10-12-22(13-11-21)29(30,31)32/h5-14,16-17H,4,15H2,1-3H3. The van der Waals surface area contributed by atoms with Gasteiger partial charge in [-0.05, 0) is 47.4 Å². The number of allylic oxidation sites excluding steroid dienone is 1. The maximum Gasteiger partial charge on any atom is 0.416 e. The number of hydrogen-bond acceptors (Lipinski definition) is 3. The van der Waals surface area contributed by atoms with Crippen LogP contribution in [0.2, 0.25) is 0 Å². The predicted octanol–water partition coefficient (Wildman–Crippen LogP) is 7.24. The topological polar surface area (TPSA) is 51.2 Å². The van der Waals surface area contributed by atoms with E-state index in [2.05, 4.69) is 6.58 Å². The maximum atomic E-state index is 13.5. The minimum absolute atomic E-state index is 0.0546. The Hall–Kier alpha value is -3.80. The lowest BCUT2D eigenvalue weighted by Gasteiger charge is -2.16. The molecule has 0 heterocycles. The lowest BCUT2D eigenvalue weighted by atomic mass is 9.86. The molecule has 0 unspecified atom stereocenters. The minimum Gasteiger partial charge on any atom is -0.300 e. The number of benzene rings is 3. The largest absolute Gasteiger partial charge is 0.416 e. The Morgan fingerprint density at radius 2 is 1.49 bits per heavy atom. The number of Topliss-reactive ketones (excluding diaryl/α,β-unsaturated/α-hetero) is 3. The molecule has 3 aromatic carbocycles. The van der Waals surface area contributed by atoms with Crippen LogP contribution in [0.15, 0.2) is 73.3 Å². The molecule has 0 atom stereocenters. The first-order valence-corrected chi connectivity index (χ1v) is 11.1. The fourth-order valence-corrected chi connectivity index (χ4v) is 3.82. The van der Waals surface area contributed by atoms with E-state index in [1.54, 1.807) is 56.3 Å². The summed E-state index contributed by atoms with van der Waals surface area (Å²) in [5, 5.41) is 0.